The number of carbonyl (C=O) groups excluding carboxylic acids is 1. The number of aliphatic carboxylic acids is 1. The maximum Gasteiger partial charge on any atom is 0.353 e. The zero-order valence-electron chi connectivity index (χ0n) is 9.76. The summed E-state index contributed by atoms with van der Waals surface area (Å²) in [7, 11) is 1.72. The Morgan fingerprint density at radius 3 is 2.71 bits per heavy atom. The Kier molecular flexibility index (Phi) is 3.31. The van der Waals surface area contributed by atoms with Crippen LogP contribution in [0.3, 0.4) is 0 Å². The van der Waals surface area contributed by atoms with Crippen molar-refractivity contribution in [3.63, 3.8) is 0 Å². The van der Waals surface area contributed by atoms with Crippen LogP contribution < -0.4 is 0 Å². The van der Waals surface area contributed by atoms with Crippen LogP contribution in [0.5, 0.6) is 0 Å². The monoisotopic (exact) mass is 240 g/mol. The van der Waals surface area contributed by atoms with Crippen LogP contribution in [-0.4, -0.2) is 47.3 Å². The Morgan fingerprint density at radius 1 is 1.53 bits per heavy atom. The number of carboxylic acids is 1. The minimum Gasteiger partial charge on any atom is -0.477 e. The first-order chi connectivity index (χ1) is 8.08. The molecule has 0 aromatic carbocycles. The van der Waals surface area contributed by atoms with E-state index in [0.29, 0.717) is 5.92 Å². The average Bonchev–Trinajstić information content (AvgIpc) is 2.71. The number of amides is 1. The number of carbonyl (C=O) groups is 2. The van der Waals surface area contributed by atoms with E-state index >= 15 is 0 Å². The molecule has 0 radical (unpaired) electrons. The van der Waals surface area contributed by atoms with Gasteiger partial charge in [-0.05, 0) is 18.8 Å². The quantitative estimate of drug-likeness (QED) is 0.774. The van der Waals surface area contributed by atoms with Crippen molar-refractivity contribution < 1.29 is 19.5 Å². The summed E-state index contributed by atoms with van der Waals surface area (Å²) in [5, 5.41) is 12.1. The topological polar surface area (TPSA) is 79.2 Å². The summed E-state index contributed by atoms with van der Waals surface area (Å²) in [6.45, 7) is 0.723. The molecule has 1 amide bonds. The second-order valence-corrected chi connectivity index (χ2v) is 4.66. The van der Waals surface area contributed by atoms with E-state index in [1.54, 1.807) is 11.9 Å². The molecular formula is C11H16N2O4. The lowest BCUT2D eigenvalue weighted by Crippen LogP contribution is -2.40. The number of carboxylic acid groups (broad SMARTS) is 1. The Balaban J connectivity index is 1.82. The van der Waals surface area contributed by atoms with Gasteiger partial charge in [-0.3, -0.25) is 4.79 Å². The van der Waals surface area contributed by atoms with E-state index in [1.165, 1.54) is 19.3 Å². The number of rotatable bonds is 4. The van der Waals surface area contributed by atoms with Crippen molar-refractivity contribution in [2.45, 2.75) is 31.8 Å². The SMILES string of the molecule is CN(CC1CCC1)C(=O)C1CC(C(=O)O)=NO1. The highest BCUT2D eigenvalue weighted by Crippen LogP contribution is 2.27. The molecule has 2 aliphatic rings. The van der Waals surface area contributed by atoms with Gasteiger partial charge in [-0.15, -0.1) is 0 Å². The molecule has 6 nitrogen and oxygen atoms in total. The average molecular weight is 240 g/mol. The lowest BCUT2D eigenvalue weighted by atomic mass is 9.85. The molecule has 1 heterocycles. The van der Waals surface area contributed by atoms with Gasteiger partial charge in [0.2, 0.25) is 6.10 Å². The summed E-state index contributed by atoms with van der Waals surface area (Å²) >= 11 is 0. The predicted molar refractivity (Wildman–Crippen MR) is 59.5 cm³/mol. The van der Waals surface area contributed by atoms with Crippen molar-refractivity contribution in [2.75, 3.05) is 13.6 Å². The van der Waals surface area contributed by atoms with E-state index in [9.17, 15) is 9.59 Å². The van der Waals surface area contributed by atoms with Crippen LogP contribution in [0.25, 0.3) is 0 Å². The van der Waals surface area contributed by atoms with Crippen molar-refractivity contribution in [1.29, 1.82) is 0 Å². The first-order valence-corrected chi connectivity index (χ1v) is 5.79. The minimum atomic E-state index is -1.12. The summed E-state index contributed by atoms with van der Waals surface area (Å²) in [5.74, 6) is -0.718. The first-order valence-electron chi connectivity index (χ1n) is 5.79. The molecule has 1 aliphatic carbocycles. The van der Waals surface area contributed by atoms with E-state index in [1.807, 2.05) is 0 Å². The Hall–Kier alpha value is -1.59. The number of hydrogen-bond donors (Lipinski definition) is 1. The van der Waals surface area contributed by atoms with Gasteiger partial charge in [0.15, 0.2) is 5.71 Å². The lowest BCUT2D eigenvalue weighted by molar-refractivity contribution is -0.141. The number of hydrogen-bond acceptors (Lipinski definition) is 4. The molecule has 0 bridgehead atoms. The molecule has 17 heavy (non-hydrogen) atoms. The van der Waals surface area contributed by atoms with E-state index in [4.69, 9.17) is 9.94 Å². The third kappa shape index (κ3) is 2.57. The van der Waals surface area contributed by atoms with Crippen molar-refractivity contribution in [3.8, 4) is 0 Å². The fourth-order valence-corrected chi connectivity index (χ4v) is 2.03. The molecular weight excluding hydrogens is 224 g/mol. The Labute approximate surface area is 99.2 Å². The largest absolute Gasteiger partial charge is 0.477 e. The van der Waals surface area contributed by atoms with Gasteiger partial charge in [-0.2, -0.15) is 0 Å². The maximum absolute atomic E-state index is 11.9. The van der Waals surface area contributed by atoms with E-state index in [0.717, 1.165) is 6.54 Å². The van der Waals surface area contributed by atoms with Gasteiger partial charge in [0.1, 0.15) is 0 Å². The minimum absolute atomic E-state index is 0.0587. The third-order valence-corrected chi connectivity index (χ3v) is 3.32. The normalized spacial score (nSPS) is 23.6. The summed E-state index contributed by atoms with van der Waals surface area (Å²) in [6.07, 6.45) is 2.87. The van der Waals surface area contributed by atoms with Gasteiger partial charge in [0, 0.05) is 20.0 Å². The third-order valence-electron chi connectivity index (χ3n) is 3.32. The molecule has 6 heteroatoms. The first kappa shape index (κ1) is 11.9. The van der Waals surface area contributed by atoms with E-state index < -0.39 is 12.1 Å². The molecule has 94 valence electrons. The fourth-order valence-electron chi connectivity index (χ4n) is 2.03. The Bertz CT molecular complexity index is 362. The van der Waals surface area contributed by atoms with Crippen LogP contribution in [-0.2, 0) is 14.4 Å². The van der Waals surface area contributed by atoms with Crippen molar-refractivity contribution in [3.05, 3.63) is 0 Å². The van der Waals surface area contributed by atoms with Crippen LogP contribution in [0.2, 0.25) is 0 Å². The van der Waals surface area contributed by atoms with Crippen LogP contribution in [0.4, 0.5) is 0 Å². The van der Waals surface area contributed by atoms with Crippen molar-refractivity contribution in [2.24, 2.45) is 11.1 Å². The predicted octanol–water partition coefficient (Wildman–Crippen LogP) is 0.474. The molecule has 1 saturated carbocycles. The van der Waals surface area contributed by atoms with Gasteiger partial charge in [-0.25, -0.2) is 4.79 Å². The smallest absolute Gasteiger partial charge is 0.353 e. The molecule has 1 unspecified atom stereocenters. The number of oxime groups is 1. The van der Waals surface area contributed by atoms with Crippen LogP contribution in [0.15, 0.2) is 5.16 Å². The highest BCUT2D eigenvalue weighted by molar-refractivity contribution is 6.36. The summed E-state index contributed by atoms with van der Waals surface area (Å²) in [4.78, 5) is 29.0. The second-order valence-electron chi connectivity index (χ2n) is 4.66. The lowest BCUT2D eigenvalue weighted by Gasteiger charge is -2.30. The van der Waals surface area contributed by atoms with Gasteiger partial charge >= 0.3 is 5.97 Å². The van der Waals surface area contributed by atoms with Gasteiger partial charge in [0.25, 0.3) is 5.91 Å². The molecule has 1 N–H and O–H groups in total. The second kappa shape index (κ2) is 4.73. The molecule has 2 rings (SSSR count). The van der Waals surface area contributed by atoms with Crippen LogP contribution >= 0.6 is 0 Å². The highest BCUT2D eigenvalue weighted by atomic mass is 16.6. The zero-order chi connectivity index (χ0) is 12.4. The van der Waals surface area contributed by atoms with Crippen molar-refractivity contribution in [1.82, 2.24) is 4.90 Å². The van der Waals surface area contributed by atoms with E-state index in [2.05, 4.69) is 5.16 Å². The standard InChI is InChI=1S/C11H16N2O4/c1-13(6-7-3-2-4-7)10(14)9-5-8(11(15)16)12-17-9/h7,9H,2-6H2,1H3,(H,15,16). The zero-order valence-corrected chi connectivity index (χ0v) is 9.76. The van der Waals surface area contributed by atoms with Gasteiger partial charge in [-0.1, -0.05) is 11.6 Å². The summed E-state index contributed by atoms with van der Waals surface area (Å²) < 4.78 is 0. The molecule has 1 aliphatic heterocycles. The highest BCUT2D eigenvalue weighted by Gasteiger charge is 2.34. The molecule has 1 atom stereocenters. The fraction of sp³-hybridized carbons (Fsp3) is 0.727. The molecule has 0 aromatic rings. The van der Waals surface area contributed by atoms with Crippen LogP contribution in [0.1, 0.15) is 25.7 Å². The molecule has 0 saturated heterocycles. The summed E-state index contributed by atoms with van der Waals surface area (Å²) in [6, 6.07) is 0. The molecule has 1 fully saturated rings. The van der Waals surface area contributed by atoms with Crippen molar-refractivity contribution >= 4 is 17.6 Å². The number of nitrogens with zero attached hydrogens (tertiary/aromatic N) is 2. The van der Waals surface area contributed by atoms with Crippen LogP contribution in [0, 0.1) is 5.92 Å². The van der Waals surface area contributed by atoms with E-state index in [-0.39, 0.29) is 18.0 Å². The van der Waals surface area contributed by atoms with Gasteiger partial charge in [0.05, 0.1) is 0 Å². The summed E-state index contributed by atoms with van der Waals surface area (Å²) in [5.41, 5.74) is -0.0830. The Morgan fingerprint density at radius 2 is 2.24 bits per heavy atom. The molecule has 0 aromatic heterocycles. The van der Waals surface area contributed by atoms with Gasteiger partial charge < -0.3 is 14.8 Å². The molecule has 0 spiro atoms. The number of likely N-dealkylation sites (N-methyl/N-ethyl adjacent to an activating group) is 1. The maximum atomic E-state index is 11.9.